The molecule has 0 bridgehead atoms. The van der Waals surface area contributed by atoms with E-state index in [1.165, 1.54) is 0 Å². The van der Waals surface area contributed by atoms with Crippen LogP contribution in [0.25, 0.3) is 0 Å². The quantitative estimate of drug-likeness (QED) is 0.609. The van der Waals surface area contributed by atoms with E-state index in [1.807, 2.05) is 0 Å². The lowest BCUT2D eigenvalue weighted by molar-refractivity contribution is 0.278. The van der Waals surface area contributed by atoms with Gasteiger partial charge in [0.1, 0.15) is 6.61 Å². The van der Waals surface area contributed by atoms with Crippen LogP contribution in [0.4, 0.5) is 13.2 Å². The summed E-state index contributed by atoms with van der Waals surface area (Å²) in [7, 11) is 0. The normalized spacial score (nSPS) is 17.9. The monoisotopic (exact) mass is 261 g/mol. The predicted octanol–water partition coefficient (Wildman–Crippen LogP) is 2.95. The second kappa shape index (κ2) is 3.94. The van der Waals surface area contributed by atoms with Gasteiger partial charge in [-0.05, 0) is 19.9 Å². The van der Waals surface area contributed by atoms with E-state index in [0.717, 1.165) is 6.07 Å². The smallest absolute Gasteiger partial charge is 0.219 e. The van der Waals surface area contributed by atoms with E-state index in [1.54, 1.807) is 13.8 Å². The lowest BCUT2D eigenvalue weighted by Crippen LogP contribution is -2.17. The molecule has 6 heteroatoms. The van der Waals surface area contributed by atoms with Crippen LogP contribution in [0.2, 0.25) is 0 Å². The van der Waals surface area contributed by atoms with E-state index in [0.29, 0.717) is 0 Å². The summed E-state index contributed by atoms with van der Waals surface area (Å²) in [6, 6.07) is 0.727. The summed E-state index contributed by atoms with van der Waals surface area (Å²) in [4.78, 5) is 3.42. The molecule has 0 aliphatic carbocycles. The summed E-state index contributed by atoms with van der Waals surface area (Å²) in [6.45, 7) is 3.85. The van der Waals surface area contributed by atoms with Gasteiger partial charge >= 0.3 is 0 Å². The highest BCUT2D eigenvalue weighted by molar-refractivity contribution is 7.80. The van der Waals surface area contributed by atoms with Crippen molar-refractivity contribution in [1.82, 2.24) is 0 Å². The van der Waals surface area contributed by atoms with Crippen molar-refractivity contribution in [3.8, 4) is 0 Å². The van der Waals surface area contributed by atoms with Crippen molar-refractivity contribution in [1.29, 1.82) is 0 Å². The van der Waals surface area contributed by atoms with E-state index in [-0.39, 0.29) is 18.1 Å². The zero-order valence-electron chi connectivity index (χ0n) is 9.22. The molecule has 1 aromatic rings. The van der Waals surface area contributed by atoms with E-state index in [2.05, 4.69) is 17.6 Å². The highest BCUT2D eigenvalue weighted by Gasteiger charge is 2.30. The summed E-state index contributed by atoms with van der Waals surface area (Å²) in [5, 5.41) is 0. The summed E-state index contributed by atoms with van der Waals surface area (Å²) in [5.41, 5.74) is -0.705. The van der Waals surface area contributed by atoms with Crippen LogP contribution in [0, 0.1) is 17.5 Å². The van der Waals surface area contributed by atoms with Crippen LogP contribution < -0.4 is 0 Å². The molecule has 0 radical (unpaired) electrons. The Balaban J connectivity index is 2.55. The second-order valence-electron chi connectivity index (χ2n) is 4.40. The minimum absolute atomic E-state index is 0.0262. The van der Waals surface area contributed by atoms with Crippen molar-refractivity contribution < 1.29 is 17.9 Å². The molecule has 0 unspecified atom stereocenters. The third-order valence-corrected chi connectivity index (χ3v) is 2.72. The Kier molecular flexibility index (Phi) is 2.85. The van der Waals surface area contributed by atoms with Crippen LogP contribution in [-0.4, -0.2) is 18.0 Å². The van der Waals surface area contributed by atoms with E-state index >= 15 is 0 Å². The fourth-order valence-corrected chi connectivity index (χ4v) is 1.70. The maximum absolute atomic E-state index is 13.7. The molecule has 0 saturated carbocycles. The molecule has 0 N–H and O–H groups in total. The van der Waals surface area contributed by atoms with Crippen LogP contribution in [-0.2, 0) is 4.74 Å². The van der Waals surface area contributed by atoms with Crippen LogP contribution in [0.5, 0.6) is 0 Å². The molecule has 2 nitrogen and oxygen atoms in total. The Morgan fingerprint density at radius 1 is 1.29 bits per heavy atom. The third-order valence-electron chi connectivity index (χ3n) is 2.33. The molecule has 2 rings (SSSR count). The molecule has 1 aliphatic heterocycles. The SMILES string of the molecule is CC1(C)COC(c2cc(F)c(F)c(S)c2F)=N1. The van der Waals surface area contributed by atoms with Gasteiger partial charge in [0.25, 0.3) is 0 Å². The number of nitrogens with zero attached hydrogens (tertiary/aromatic N) is 1. The van der Waals surface area contributed by atoms with Crippen LogP contribution in [0.15, 0.2) is 16.0 Å². The molecule has 0 aromatic heterocycles. The highest BCUT2D eigenvalue weighted by atomic mass is 32.1. The molecule has 92 valence electrons. The maximum Gasteiger partial charge on any atom is 0.219 e. The zero-order chi connectivity index (χ0) is 12.8. The molecule has 1 aliphatic rings. The van der Waals surface area contributed by atoms with Gasteiger partial charge in [0.15, 0.2) is 17.5 Å². The molecule has 1 aromatic carbocycles. The van der Waals surface area contributed by atoms with Crippen molar-refractivity contribution in [2.75, 3.05) is 6.61 Å². The third kappa shape index (κ3) is 2.13. The lowest BCUT2D eigenvalue weighted by Gasteiger charge is -2.07. The Morgan fingerprint density at radius 2 is 1.94 bits per heavy atom. The topological polar surface area (TPSA) is 21.6 Å². The second-order valence-corrected chi connectivity index (χ2v) is 4.85. The van der Waals surface area contributed by atoms with Crippen LogP contribution in [0.3, 0.4) is 0 Å². The lowest BCUT2D eigenvalue weighted by atomic mass is 10.1. The number of ether oxygens (including phenoxy) is 1. The zero-order valence-corrected chi connectivity index (χ0v) is 10.1. The molecular formula is C11H10F3NOS. The average Bonchev–Trinajstić information content (AvgIpc) is 2.61. The Labute approximate surface area is 102 Å². The number of hydrogen-bond acceptors (Lipinski definition) is 3. The molecular weight excluding hydrogens is 251 g/mol. The summed E-state index contributed by atoms with van der Waals surface area (Å²) in [5.74, 6) is -3.49. The number of benzene rings is 1. The van der Waals surface area contributed by atoms with Gasteiger partial charge in [-0.1, -0.05) is 0 Å². The van der Waals surface area contributed by atoms with Gasteiger partial charge in [-0.3, -0.25) is 0 Å². The highest BCUT2D eigenvalue weighted by Crippen LogP contribution is 2.27. The van der Waals surface area contributed by atoms with Gasteiger partial charge in [-0.2, -0.15) is 0 Å². The van der Waals surface area contributed by atoms with E-state index < -0.39 is 27.9 Å². The largest absolute Gasteiger partial charge is 0.475 e. The summed E-state index contributed by atoms with van der Waals surface area (Å²) >= 11 is 3.59. The van der Waals surface area contributed by atoms with Gasteiger partial charge in [0.2, 0.25) is 5.90 Å². The van der Waals surface area contributed by atoms with E-state index in [4.69, 9.17) is 4.74 Å². The Bertz CT molecular complexity index is 514. The van der Waals surface area contributed by atoms with Crippen molar-refractivity contribution in [3.05, 3.63) is 29.1 Å². The van der Waals surface area contributed by atoms with Gasteiger partial charge in [0.05, 0.1) is 16.0 Å². The van der Waals surface area contributed by atoms with Crippen molar-refractivity contribution in [2.45, 2.75) is 24.3 Å². The fraction of sp³-hybridized carbons (Fsp3) is 0.364. The number of aliphatic imine (C=N–C) groups is 1. The Hall–Kier alpha value is -1.17. The average molecular weight is 261 g/mol. The number of rotatable bonds is 1. The first-order valence-corrected chi connectivity index (χ1v) is 5.36. The van der Waals surface area contributed by atoms with Gasteiger partial charge < -0.3 is 4.74 Å². The van der Waals surface area contributed by atoms with Crippen LogP contribution in [0.1, 0.15) is 19.4 Å². The predicted molar refractivity (Wildman–Crippen MR) is 60.1 cm³/mol. The molecule has 0 atom stereocenters. The van der Waals surface area contributed by atoms with E-state index in [9.17, 15) is 13.2 Å². The first-order valence-electron chi connectivity index (χ1n) is 4.91. The maximum atomic E-state index is 13.7. The standard InChI is InChI=1S/C11H10F3NOS/c1-11(2)4-16-10(15-11)5-3-6(12)8(14)9(17)7(5)13/h3,17H,4H2,1-2H3. The van der Waals surface area contributed by atoms with Gasteiger partial charge in [0, 0.05) is 0 Å². The van der Waals surface area contributed by atoms with Gasteiger partial charge in [-0.15, -0.1) is 12.6 Å². The van der Waals surface area contributed by atoms with Crippen molar-refractivity contribution in [3.63, 3.8) is 0 Å². The summed E-state index contributed by atoms with van der Waals surface area (Å²) < 4.78 is 45.1. The first-order chi connectivity index (χ1) is 7.82. The molecule has 1 heterocycles. The van der Waals surface area contributed by atoms with Crippen molar-refractivity contribution in [2.24, 2.45) is 4.99 Å². The summed E-state index contributed by atoms with van der Waals surface area (Å²) in [6.07, 6.45) is 0. The molecule has 0 amide bonds. The molecule has 0 saturated heterocycles. The first kappa shape index (κ1) is 12.3. The number of thiol groups is 1. The molecule has 0 spiro atoms. The number of hydrogen-bond donors (Lipinski definition) is 1. The van der Waals surface area contributed by atoms with Gasteiger partial charge in [-0.25, -0.2) is 18.2 Å². The molecule has 0 fully saturated rings. The fourth-order valence-electron chi connectivity index (χ4n) is 1.47. The Morgan fingerprint density at radius 3 is 2.47 bits per heavy atom. The van der Waals surface area contributed by atoms with Crippen LogP contribution >= 0.6 is 12.6 Å². The number of halogens is 3. The molecule has 17 heavy (non-hydrogen) atoms. The minimum atomic E-state index is -1.31. The minimum Gasteiger partial charge on any atom is -0.475 e. The van der Waals surface area contributed by atoms with Crippen molar-refractivity contribution >= 4 is 18.5 Å².